The van der Waals surface area contributed by atoms with Gasteiger partial charge in [-0.3, -0.25) is 14.5 Å². The van der Waals surface area contributed by atoms with Crippen LogP contribution in [0.4, 0.5) is 4.79 Å². The maximum absolute atomic E-state index is 13.0. The molecule has 1 aromatic heterocycles. The van der Waals surface area contributed by atoms with Gasteiger partial charge in [0.25, 0.3) is 5.91 Å². The van der Waals surface area contributed by atoms with Crippen molar-refractivity contribution in [2.24, 2.45) is 5.92 Å². The van der Waals surface area contributed by atoms with E-state index in [1.54, 1.807) is 25.5 Å². The van der Waals surface area contributed by atoms with Crippen LogP contribution in [-0.2, 0) is 4.79 Å². The lowest BCUT2D eigenvalue weighted by Gasteiger charge is -2.38. The molecule has 1 saturated heterocycles. The molecule has 1 N–H and O–H groups in total. The van der Waals surface area contributed by atoms with Crippen molar-refractivity contribution in [3.05, 3.63) is 24.0 Å². The third kappa shape index (κ3) is 2.46. The van der Waals surface area contributed by atoms with Crippen LogP contribution in [0.2, 0.25) is 0 Å². The lowest BCUT2D eigenvalue weighted by atomic mass is 9.75. The summed E-state index contributed by atoms with van der Waals surface area (Å²) in [6, 6.07) is 1.28. The Morgan fingerprint density at radius 1 is 1.30 bits per heavy atom. The molecule has 23 heavy (non-hydrogen) atoms. The van der Waals surface area contributed by atoms with Crippen LogP contribution in [0.15, 0.2) is 18.5 Å². The fraction of sp³-hybridized carbons (Fsp3) is 0.588. The van der Waals surface area contributed by atoms with Gasteiger partial charge in [-0.05, 0) is 31.7 Å². The van der Waals surface area contributed by atoms with E-state index < -0.39 is 5.54 Å². The van der Waals surface area contributed by atoms with Crippen molar-refractivity contribution < 1.29 is 14.4 Å². The molecule has 1 aliphatic heterocycles. The quantitative estimate of drug-likeness (QED) is 0.684. The van der Waals surface area contributed by atoms with Crippen molar-refractivity contribution in [2.75, 3.05) is 13.6 Å². The average molecular weight is 317 g/mol. The number of hydrogen-bond donors (Lipinski definition) is 1. The number of aromatic nitrogens is 1. The summed E-state index contributed by atoms with van der Waals surface area (Å²) >= 11 is 0. The van der Waals surface area contributed by atoms with E-state index >= 15 is 0 Å². The van der Waals surface area contributed by atoms with Crippen LogP contribution < -0.4 is 0 Å². The summed E-state index contributed by atoms with van der Waals surface area (Å²) in [7, 11) is 1.68. The van der Waals surface area contributed by atoms with Crippen molar-refractivity contribution in [2.45, 2.75) is 44.6 Å². The van der Waals surface area contributed by atoms with E-state index in [1.165, 1.54) is 11.3 Å². The number of aromatic amines is 1. The minimum absolute atomic E-state index is 0.171. The van der Waals surface area contributed by atoms with Crippen LogP contribution in [0.1, 0.15) is 49.4 Å². The van der Waals surface area contributed by atoms with Gasteiger partial charge in [0.1, 0.15) is 5.54 Å². The summed E-state index contributed by atoms with van der Waals surface area (Å²) in [5.74, 6) is -0.292. The molecular formula is C17H23N3O3. The smallest absolute Gasteiger partial charge is 0.327 e. The normalized spacial score (nSPS) is 26.2. The number of carbonyl (C=O) groups is 3. The first-order valence-electron chi connectivity index (χ1n) is 8.22. The third-order valence-electron chi connectivity index (χ3n) is 5.51. The molecule has 6 heteroatoms. The molecule has 2 aliphatic rings. The van der Waals surface area contributed by atoms with Crippen LogP contribution in [0.3, 0.4) is 0 Å². The first kappa shape index (κ1) is 15.8. The molecule has 3 amide bonds. The SMILES string of the molecule is CN1C(=O)N(CC(=O)c2cc[nH]c2)C(=O)C1(C)C1CCCCC1. The number of rotatable bonds is 4. The number of nitrogens with zero attached hydrogens (tertiary/aromatic N) is 2. The third-order valence-corrected chi connectivity index (χ3v) is 5.51. The molecule has 2 fully saturated rings. The Balaban J connectivity index is 1.81. The minimum Gasteiger partial charge on any atom is -0.367 e. The number of ketones is 1. The molecule has 6 nitrogen and oxygen atoms in total. The zero-order chi connectivity index (χ0) is 16.6. The van der Waals surface area contributed by atoms with Crippen molar-refractivity contribution in [3.8, 4) is 0 Å². The molecule has 0 radical (unpaired) electrons. The van der Waals surface area contributed by atoms with Gasteiger partial charge in [0.2, 0.25) is 0 Å². The largest absolute Gasteiger partial charge is 0.367 e. The van der Waals surface area contributed by atoms with Gasteiger partial charge in [0.15, 0.2) is 5.78 Å². The molecule has 0 bridgehead atoms. The van der Waals surface area contributed by atoms with E-state index in [2.05, 4.69) is 4.98 Å². The van der Waals surface area contributed by atoms with Gasteiger partial charge in [0, 0.05) is 25.0 Å². The van der Waals surface area contributed by atoms with Crippen LogP contribution in [-0.4, -0.2) is 51.6 Å². The van der Waals surface area contributed by atoms with Crippen LogP contribution in [0.25, 0.3) is 0 Å². The second kappa shape index (κ2) is 5.83. The highest BCUT2D eigenvalue weighted by atomic mass is 16.2. The summed E-state index contributed by atoms with van der Waals surface area (Å²) in [6.45, 7) is 1.66. The highest BCUT2D eigenvalue weighted by Gasteiger charge is 2.56. The van der Waals surface area contributed by atoms with Crippen molar-refractivity contribution in [1.82, 2.24) is 14.8 Å². The summed E-state index contributed by atoms with van der Waals surface area (Å²) < 4.78 is 0. The second-order valence-corrected chi connectivity index (χ2v) is 6.74. The lowest BCUT2D eigenvalue weighted by molar-refractivity contribution is -0.135. The predicted octanol–water partition coefficient (Wildman–Crippen LogP) is 2.43. The van der Waals surface area contributed by atoms with Crippen LogP contribution in [0, 0.1) is 5.92 Å². The highest BCUT2D eigenvalue weighted by Crippen LogP contribution is 2.40. The minimum atomic E-state index is -0.823. The zero-order valence-corrected chi connectivity index (χ0v) is 13.7. The predicted molar refractivity (Wildman–Crippen MR) is 85.0 cm³/mol. The number of carbonyl (C=O) groups excluding carboxylic acids is 3. The summed E-state index contributed by atoms with van der Waals surface area (Å²) in [5, 5.41) is 0. The summed E-state index contributed by atoms with van der Waals surface area (Å²) in [4.78, 5) is 43.2. The van der Waals surface area contributed by atoms with Crippen molar-refractivity contribution >= 4 is 17.7 Å². The topological polar surface area (TPSA) is 73.5 Å². The van der Waals surface area contributed by atoms with Gasteiger partial charge in [-0.15, -0.1) is 0 Å². The molecule has 1 aromatic rings. The molecule has 124 valence electrons. The van der Waals surface area contributed by atoms with Gasteiger partial charge in [-0.2, -0.15) is 0 Å². The van der Waals surface area contributed by atoms with Gasteiger partial charge in [-0.1, -0.05) is 19.3 Å². The average Bonchev–Trinajstić information content (AvgIpc) is 3.16. The molecule has 1 saturated carbocycles. The maximum Gasteiger partial charge on any atom is 0.327 e. The Kier molecular flexibility index (Phi) is 4.00. The van der Waals surface area contributed by atoms with E-state index in [4.69, 9.17) is 0 Å². The number of hydrogen-bond acceptors (Lipinski definition) is 3. The maximum atomic E-state index is 13.0. The van der Waals surface area contributed by atoms with E-state index in [-0.39, 0.29) is 30.2 Å². The number of urea groups is 1. The number of nitrogens with one attached hydrogen (secondary N) is 1. The number of H-pyrrole nitrogens is 1. The Hall–Kier alpha value is -2.11. The van der Waals surface area contributed by atoms with Gasteiger partial charge >= 0.3 is 6.03 Å². The Bertz CT molecular complexity index is 619. The molecule has 1 aliphatic carbocycles. The molecule has 0 aromatic carbocycles. The Morgan fingerprint density at radius 3 is 2.61 bits per heavy atom. The number of Topliss-reactive ketones (excluding diaryl/α,β-unsaturated/α-hetero) is 1. The van der Waals surface area contributed by atoms with Gasteiger partial charge < -0.3 is 9.88 Å². The summed E-state index contributed by atoms with van der Waals surface area (Å²) in [5.41, 5.74) is -0.338. The van der Waals surface area contributed by atoms with Gasteiger partial charge in [-0.25, -0.2) is 4.79 Å². The first-order chi connectivity index (χ1) is 11.0. The van der Waals surface area contributed by atoms with Crippen molar-refractivity contribution in [1.29, 1.82) is 0 Å². The number of amides is 3. The van der Waals surface area contributed by atoms with E-state index in [9.17, 15) is 14.4 Å². The second-order valence-electron chi connectivity index (χ2n) is 6.74. The fourth-order valence-corrected chi connectivity index (χ4v) is 3.87. The van der Waals surface area contributed by atoms with E-state index in [1.807, 2.05) is 6.92 Å². The monoisotopic (exact) mass is 317 g/mol. The fourth-order valence-electron chi connectivity index (χ4n) is 3.87. The molecule has 1 atom stereocenters. The molecule has 0 spiro atoms. The Morgan fingerprint density at radius 2 is 2.00 bits per heavy atom. The molecule has 3 rings (SSSR count). The zero-order valence-electron chi connectivity index (χ0n) is 13.7. The standard InChI is InChI=1S/C17H23N3O3/c1-17(13-6-4-3-5-7-13)15(22)20(16(23)19(17)2)11-14(21)12-8-9-18-10-12/h8-10,13,18H,3-7,11H2,1-2H3. The highest BCUT2D eigenvalue weighted by molar-refractivity contribution is 6.11. The molecular weight excluding hydrogens is 294 g/mol. The molecule has 2 heterocycles. The van der Waals surface area contributed by atoms with E-state index in [0.717, 1.165) is 30.6 Å². The number of imide groups is 1. The summed E-state index contributed by atoms with van der Waals surface area (Å²) in [6.07, 6.45) is 8.53. The van der Waals surface area contributed by atoms with E-state index in [0.29, 0.717) is 5.56 Å². The number of likely N-dealkylation sites (N-methyl/N-ethyl adjacent to an activating group) is 1. The van der Waals surface area contributed by atoms with Crippen molar-refractivity contribution in [3.63, 3.8) is 0 Å². The first-order valence-corrected chi connectivity index (χ1v) is 8.22. The van der Waals surface area contributed by atoms with Crippen LogP contribution >= 0.6 is 0 Å². The molecule has 1 unspecified atom stereocenters. The van der Waals surface area contributed by atoms with Gasteiger partial charge in [0.05, 0.1) is 6.54 Å². The Labute approximate surface area is 135 Å². The van der Waals surface area contributed by atoms with Crippen LogP contribution in [0.5, 0.6) is 0 Å². The lowest BCUT2D eigenvalue weighted by Crippen LogP contribution is -2.52.